The molecule has 0 aromatic heterocycles. The summed E-state index contributed by atoms with van der Waals surface area (Å²) in [7, 11) is 1.63. The van der Waals surface area contributed by atoms with Crippen LogP contribution in [0.1, 0.15) is 11.1 Å². The molecule has 0 radical (unpaired) electrons. The summed E-state index contributed by atoms with van der Waals surface area (Å²) >= 11 is 9.69. The maximum atomic E-state index is 6.16. The van der Waals surface area contributed by atoms with Gasteiger partial charge in [0.2, 0.25) is 0 Å². The van der Waals surface area contributed by atoms with Gasteiger partial charge in [0.05, 0.1) is 11.6 Å². The Morgan fingerprint density at radius 1 is 1.25 bits per heavy atom. The van der Waals surface area contributed by atoms with Gasteiger partial charge in [0.15, 0.2) is 11.5 Å². The molecule has 130 valence electrons. The lowest BCUT2D eigenvalue weighted by Crippen LogP contribution is -2.13. The average Bonchev–Trinajstić information content (AvgIpc) is 2.55. The zero-order valence-corrected chi connectivity index (χ0v) is 16.5. The lowest BCUT2D eigenvalue weighted by molar-refractivity contribution is 0.324. The standard InChI is InChI=1S/C18H19BrClNO2.ClH/c1-3-8-23-18-15(19)9-13(10-17(18)22-2)11-21-12-14-6-4-5-7-16(14)20;/h3-7,9-10,21H,1,8,11-12H2,2H3;1H. The van der Waals surface area contributed by atoms with Crippen molar-refractivity contribution in [2.24, 2.45) is 0 Å². The second-order valence-corrected chi connectivity index (χ2v) is 6.17. The third kappa shape index (κ3) is 5.71. The molecule has 0 saturated carbocycles. The van der Waals surface area contributed by atoms with E-state index in [1.807, 2.05) is 36.4 Å². The summed E-state index contributed by atoms with van der Waals surface area (Å²) in [5.41, 5.74) is 2.16. The van der Waals surface area contributed by atoms with Crippen LogP contribution < -0.4 is 14.8 Å². The third-order valence-electron chi connectivity index (χ3n) is 3.24. The minimum atomic E-state index is 0. The fourth-order valence-corrected chi connectivity index (χ4v) is 2.95. The van der Waals surface area contributed by atoms with Crippen LogP contribution in [0.25, 0.3) is 0 Å². The molecule has 1 N–H and O–H groups in total. The zero-order chi connectivity index (χ0) is 16.7. The van der Waals surface area contributed by atoms with Crippen molar-refractivity contribution in [1.82, 2.24) is 5.32 Å². The topological polar surface area (TPSA) is 30.5 Å². The zero-order valence-electron chi connectivity index (χ0n) is 13.4. The molecule has 0 spiro atoms. The molecule has 3 nitrogen and oxygen atoms in total. The van der Waals surface area contributed by atoms with Gasteiger partial charge in [-0.2, -0.15) is 0 Å². The van der Waals surface area contributed by atoms with Crippen molar-refractivity contribution in [3.63, 3.8) is 0 Å². The normalized spacial score (nSPS) is 9.96. The summed E-state index contributed by atoms with van der Waals surface area (Å²) < 4.78 is 11.9. The maximum Gasteiger partial charge on any atom is 0.175 e. The van der Waals surface area contributed by atoms with Gasteiger partial charge in [-0.25, -0.2) is 0 Å². The number of halogens is 3. The van der Waals surface area contributed by atoms with Crippen LogP contribution in [0.3, 0.4) is 0 Å². The number of methoxy groups -OCH3 is 1. The van der Waals surface area contributed by atoms with Crippen molar-refractivity contribution >= 4 is 39.9 Å². The Morgan fingerprint density at radius 3 is 2.67 bits per heavy atom. The lowest BCUT2D eigenvalue weighted by atomic mass is 10.2. The first-order valence-electron chi connectivity index (χ1n) is 7.20. The number of hydrogen-bond acceptors (Lipinski definition) is 3. The molecule has 2 rings (SSSR count). The molecule has 0 bridgehead atoms. The number of rotatable bonds is 8. The largest absolute Gasteiger partial charge is 0.493 e. The van der Waals surface area contributed by atoms with Gasteiger partial charge in [-0.1, -0.05) is 42.5 Å². The van der Waals surface area contributed by atoms with Crippen LogP contribution in [0, 0.1) is 0 Å². The van der Waals surface area contributed by atoms with Crippen LogP contribution in [-0.2, 0) is 13.1 Å². The highest BCUT2D eigenvalue weighted by Crippen LogP contribution is 2.36. The molecule has 0 aliphatic carbocycles. The van der Waals surface area contributed by atoms with Crippen molar-refractivity contribution in [3.8, 4) is 11.5 Å². The van der Waals surface area contributed by atoms with E-state index in [-0.39, 0.29) is 12.4 Å². The van der Waals surface area contributed by atoms with Crippen molar-refractivity contribution in [2.45, 2.75) is 13.1 Å². The van der Waals surface area contributed by atoms with E-state index in [1.54, 1.807) is 13.2 Å². The van der Waals surface area contributed by atoms with Gasteiger partial charge in [0.1, 0.15) is 6.61 Å². The third-order valence-corrected chi connectivity index (χ3v) is 4.19. The molecule has 24 heavy (non-hydrogen) atoms. The highest BCUT2D eigenvalue weighted by atomic mass is 79.9. The molecular weight excluding hydrogens is 413 g/mol. The summed E-state index contributed by atoms with van der Waals surface area (Å²) in [6.45, 7) is 5.48. The van der Waals surface area contributed by atoms with Crippen LogP contribution in [-0.4, -0.2) is 13.7 Å². The monoisotopic (exact) mass is 431 g/mol. The van der Waals surface area contributed by atoms with E-state index < -0.39 is 0 Å². The summed E-state index contributed by atoms with van der Waals surface area (Å²) in [6, 6.07) is 11.8. The second kappa shape index (κ2) is 10.6. The van der Waals surface area contributed by atoms with Crippen molar-refractivity contribution in [3.05, 3.63) is 69.7 Å². The predicted octanol–water partition coefficient (Wildman–Crippen LogP) is 5.39. The van der Waals surface area contributed by atoms with E-state index in [0.717, 1.165) is 20.6 Å². The number of benzene rings is 2. The second-order valence-electron chi connectivity index (χ2n) is 4.90. The van der Waals surface area contributed by atoms with Crippen LogP contribution in [0.4, 0.5) is 0 Å². The molecule has 0 saturated heterocycles. The van der Waals surface area contributed by atoms with Crippen LogP contribution in [0.2, 0.25) is 5.02 Å². The molecule has 0 aliphatic heterocycles. The van der Waals surface area contributed by atoms with E-state index in [1.165, 1.54) is 0 Å². The fraction of sp³-hybridized carbons (Fsp3) is 0.222. The maximum absolute atomic E-state index is 6.16. The quantitative estimate of drug-likeness (QED) is 0.567. The molecule has 0 heterocycles. The van der Waals surface area contributed by atoms with Gasteiger partial charge < -0.3 is 14.8 Å². The summed E-state index contributed by atoms with van der Waals surface area (Å²) in [4.78, 5) is 0. The highest BCUT2D eigenvalue weighted by Gasteiger charge is 2.11. The molecule has 0 aliphatic rings. The Kier molecular flexibility index (Phi) is 9.22. The molecule has 2 aromatic carbocycles. The summed E-state index contributed by atoms with van der Waals surface area (Å²) in [5, 5.41) is 4.15. The van der Waals surface area contributed by atoms with Gasteiger partial charge in [-0.3, -0.25) is 0 Å². The minimum Gasteiger partial charge on any atom is -0.493 e. The summed E-state index contributed by atoms with van der Waals surface area (Å²) in [6.07, 6.45) is 1.70. The fourth-order valence-electron chi connectivity index (χ4n) is 2.14. The van der Waals surface area contributed by atoms with Gasteiger partial charge >= 0.3 is 0 Å². The number of nitrogens with one attached hydrogen (secondary N) is 1. The number of ether oxygens (including phenoxy) is 2. The van der Waals surface area contributed by atoms with Crippen LogP contribution in [0.5, 0.6) is 11.5 Å². The van der Waals surface area contributed by atoms with E-state index >= 15 is 0 Å². The smallest absolute Gasteiger partial charge is 0.175 e. The molecule has 0 amide bonds. The first kappa shape index (κ1) is 20.8. The Hall–Kier alpha value is -1.20. The Morgan fingerprint density at radius 2 is 2.00 bits per heavy atom. The van der Waals surface area contributed by atoms with E-state index in [9.17, 15) is 0 Å². The molecule has 0 atom stereocenters. The molecule has 2 aromatic rings. The highest BCUT2D eigenvalue weighted by molar-refractivity contribution is 9.10. The predicted molar refractivity (Wildman–Crippen MR) is 106 cm³/mol. The van der Waals surface area contributed by atoms with E-state index in [2.05, 4.69) is 27.8 Å². The van der Waals surface area contributed by atoms with E-state index in [0.29, 0.717) is 31.2 Å². The Balaban J connectivity index is 0.00000288. The molecule has 0 unspecified atom stereocenters. The molecule has 0 fully saturated rings. The van der Waals surface area contributed by atoms with Crippen molar-refractivity contribution in [1.29, 1.82) is 0 Å². The van der Waals surface area contributed by atoms with Crippen LogP contribution in [0.15, 0.2) is 53.5 Å². The Bertz CT molecular complexity index is 680. The molecular formula is C18H20BrCl2NO2. The van der Waals surface area contributed by atoms with Gasteiger partial charge in [-0.05, 0) is 45.3 Å². The first-order chi connectivity index (χ1) is 11.2. The van der Waals surface area contributed by atoms with Crippen molar-refractivity contribution < 1.29 is 9.47 Å². The van der Waals surface area contributed by atoms with Gasteiger partial charge in [0, 0.05) is 18.1 Å². The van der Waals surface area contributed by atoms with E-state index in [4.69, 9.17) is 21.1 Å². The SMILES string of the molecule is C=CCOc1c(Br)cc(CNCc2ccccc2Cl)cc1OC.Cl. The van der Waals surface area contributed by atoms with Crippen LogP contribution >= 0.6 is 39.9 Å². The van der Waals surface area contributed by atoms with Crippen molar-refractivity contribution in [2.75, 3.05) is 13.7 Å². The lowest BCUT2D eigenvalue weighted by Gasteiger charge is -2.14. The van der Waals surface area contributed by atoms with Gasteiger partial charge in [0.25, 0.3) is 0 Å². The number of hydrogen-bond donors (Lipinski definition) is 1. The Labute approximate surface area is 162 Å². The minimum absolute atomic E-state index is 0. The summed E-state index contributed by atoms with van der Waals surface area (Å²) in [5.74, 6) is 1.37. The average molecular weight is 433 g/mol. The van der Waals surface area contributed by atoms with Gasteiger partial charge in [-0.15, -0.1) is 12.4 Å². The molecule has 6 heteroatoms. The first-order valence-corrected chi connectivity index (χ1v) is 8.37.